The maximum atomic E-state index is 11.7. The second kappa shape index (κ2) is 6.99. The van der Waals surface area contributed by atoms with Crippen LogP contribution >= 0.6 is 23.2 Å². The van der Waals surface area contributed by atoms with E-state index in [2.05, 4.69) is 20.2 Å². The van der Waals surface area contributed by atoms with Crippen LogP contribution in [0.2, 0.25) is 10.3 Å². The van der Waals surface area contributed by atoms with Gasteiger partial charge in [0.05, 0.1) is 11.8 Å². The van der Waals surface area contributed by atoms with Gasteiger partial charge < -0.3 is 5.32 Å². The normalized spacial score (nSPS) is 11.3. The number of halogens is 2. The quantitative estimate of drug-likeness (QED) is 0.739. The van der Waals surface area contributed by atoms with E-state index in [1.165, 1.54) is 6.07 Å². The first kappa shape index (κ1) is 16.1. The Morgan fingerprint density at radius 3 is 2.63 bits per heavy atom. The smallest absolute Gasteiger partial charge is 0.254 e. The van der Waals surface area contributed by atoms with Crippen molar-refractivity contribution >= 4 is 39.1 Å². The fourth-order valence-corrected chi connectivity index (χ4v) is 2.00. The summed E-state index contributed by atoms with van der Waals surface area (Å²) in [5.74, 6) is -0.443. The Hall–Kier alpha value is -0.960. The molecule has 19 heavy (non-hydrogen) atoms. The summed E-state index contributed by atoms with van der Waals surface area (Å²) in [5.41, 5.74) is 0.123. The zero-order valence-electron chi connectivity index (χ0n) is 9.98. The standard InChI is InChI=1S/C9H12Cl2N4O3S/c1-19(17,18)13-4-2-3-12-9(16)6-5-7(10)14-15-8(6)11/h5,13H,2-4H2,1H3,(H,12,16). The molecule has 0 unspecified atom stereocenters. The molecule has 0 atom stereocenters. The first-order chi connectivity index (χ1) is 8.79. The maximum Gasteiger partial charge on any atom is 0.254 e. The van der Waals surface area contributed by atoms with Crippen molar-refractivity contribution in [2.75, 3.05) is 19.3 Å². The first-order valence-electron chi connectivity index (χ1n) is 5.21. The van der Waals surface area contributed by atoms with E-state index in [0.29, 0.717) is 6.42 Å². The van der Waals surface area contributed by atoms with Gasteiger partial charge in [0.2, 0.25) is 10.0 Å². The molecule has 0 aliphatic heterocycles. The molecule has 0 spiro atoms. The van der Waals surface area contributed by atoms with Crippen molar-refractivity contribution in [1.29, 1.82) is 0 Å². The highest BCUT2D eigenvalue weighted by atomic mass is 35.5. The molecule has 1 amide bonds. The van der Waals surface area contributed by atoms with Gasteiger partial charge >= 0.3 is 0 Å². The number of carbonyl (C=O) groups is 1. The van der Waals surface area contributed by atoms with Crippen LogP contribution in [0.1, 0.15) is 16.8 Å². The van der Waals surface area contributed by atoms with E-state index in [4.69, 9.17) is 23.2 Å². The number of carbonyl (C=O) groups excluding carboxylic acids is 1. The monoisotopic (exact) mass is 326 g/mol. The molecule has 0 aliphatic carbocycles. The molecule has 106 valence electrons. The second-order valence-corrected chi connectivity index (χ2v) is 6.23. The summed E-state index contributed by atoms with van der Waals surface area (Å²) in [5, 5.41) is 9.58. The molecule has 2 N–H and O–H groups in total. The Labute approximate surface area is 120 Å². The number of aromatic nitrogens is 2. The average molecular weight is 327 g/mol. The van der Waals surface area contributed by atoms with Gasteiger partial charge in [-0.1, -0.05) is 23.2 Å². The van der Waals surface area contributed by atoms with Crippen molar-refractivity contribution in [2.45, 2.75) is 6.42 Å². The van der Waals surface area contributed by atoms with Crippen molar-refractivity contribution in [3.63, 3.8) is 0 Å². The van der Waals surface area contributed by atoms with Crippen LogP contribution in [-0.2, 0) is 10.0 Å². The van der Waals surface area contributed by atoms with Crippen molar-refractivity contribution < 1.29 is 13.2 Å². The van der Waals surface area contributed by atoms with Gasteiger partial charge in [-0.15, -0.1) is 10.2 Å². The molecule has 0 fully saturated rings. The van der Waals surface area contributed by atoms with Gasteiger partial charge in [-0.3, -0.25) is 4.79 Å². The van der Waals surface area contributed by atoms with Crippen LogP contribution in [0.4, 0.5) is 0 Å². The molecule has 1 aromatic rings. The lowest BCUT2D eigenvalue weighted by Gasteiger charge is -2.06. The van der Waals surface area contributed by atoms with Crippen molar-refractivity contribution in [1.82, 2.24) is 20.2 Å². The highest BCUT2D eigenvalue weighted by Gasteiger charge is 2.12. The van der Waals surface area contributed by atoms with Gasteiger partial charge in [-0.2, -0.15) is 0 Å². The molecular weight excluding hydrogens is 315 g/mol. The van der Waals surface area contributed by atoms with Crippen LogP contribution in [0.5, 0.6) is 0 Å². The van der Waals surface area contributed by atoms with Crippen LogP contribution in [0.25, 0.3) is 0 Å². The van der Waals surface area contributed by atoms with E-state index in [9.17, 15) is 13.2 Å². The van der Waals surface area contributed by atoms with E-state index in [-0.39, 0.29) is 29.0 Å². The summed E-state index contributed by atoms with van der Waals surface area (Å²) < 4.78 is 23.9. The molecule has 1 heterocycles. The fourth-order valence-electron chi connectivity index (χ4n) is 1.16. The van der Waals surface area contributed by atoms with Gasteiger partial charge in [0.1, 0.15) is 0 Å². The van der Waals surface area contributed by atoms with E-state index in [1.54, 1.807) is 0 Å². The predicted octanol–water partition coefficient (Wildman–Crippen LogP) is 0.452. The Bertz CT molecular complexity index is 565. The summed E-state index contributed by atoms with van der Waals surface area (Å²) in [6, 6.07) is 1.31. The second-order valence-electron chi connectivity index (χ2n) is 3.65. The summed E-state index contributed by atoms with van der Waals surface area (Å²) >= 11 is 11.3. The lowest BCUT2D eigenvalue weighted by Crippen LogP contribution is -2.29. The molecule has 10 heteroatoms. The zero-order valence-corrected chi connectivity index (χ0v) is 12.3. The minimum absolute atomic E-state index is 0.0452. The minimum atomic E-state index is -3.21. The molecule has 0 aromatic carbocycles. The topological polar surface area (TPSA) is 101 Å². The minimum Gasteiger partial charge on any atom is -0.352 e. The molecule has 0 bridgehead atoms. The van der Waals surface area contributed by atoms with E-state index >= 15 is 0 Å². The summed E-state index contributed by atoms with van der Waals surface area (Å²) in [7, 11) is -3.21. The zero-order chi connectivity index (χ0) is 14.5. The Morgan fingerprint density at radius 1 is 1.32 bits per heavy atom. The lowest BCUT2D eigenvalue weighted by molar-refractivity contribution is 0.0953. The molecular formula is C9H12Cl2N4O3S. The molecule has 0 saturated heterocycles. The molecule has 0 radical (unpaired) electrons. The van der Waals surface area contributed by atoms with Crippen LogP contribution in [0.3, 0.4) is 0 Å². The Morgan fingerprint density at radius 2 is 2.00 bits per heavy atom. The lowest BCUT2D eigenvalue weighted by atomic mass is 10.3. The number of sulfonamides is 1. The van der Waals surface area contributed by atoms with Gasteiger partial charge in [-0.05, 0) is 12.5 Å². The highest BCUT2D eigenvalue weighted by molar-refractivity contribution is 7.88. The summed E-state index contributed by atoms with van der Waals surface area (Å²) in [6.07, 6.45) is 1.51. The number of hydrogen-bond acceptors (Lipinski definition) is 5. The van der Waals surface area contributed by atoms with Crippen molar-refractivity contribution in [3.8, 4) is 0 Å². The number of hydrogen-bond donors (Lipinski definition) is 2. The van der Waals surface area contributed by atoms with E-state index in [0.717, 1.165) is 6.26 Å². The maximum absolute atomic E-state index is 11.7. The van der Waals surface area contributed by atoms with E-state index < -0.39 is 15.9 Å². The van der Waals surface area contributed by atoms with E-state index in [1.807, 2.05) is 0 Å². The SMILES string of the molecule is CS(=O)(=O)NCCCNC(=O)c1cc(Cl)nnc1Cl. The summed E-state index contributed by atoms with van der Waals surface area (Å²) in [6.45, 7) is 0.528. The van der Waals surface area contributed by atoms with Crippen molar-refractivity contribution in [3.05, 3.63) is 21.9 Å². The van der Waals surface area contributed by atoms with Crippen LogP contribution in [-0.4, -0.2) is 43.9 Å². The predicted molar refractivity (Wildman–Crippen MR) is 71.8 cm³/mol. The molecule has 1 aromatic heterocycles. The third-order valence-electron chi connectivity index (χ3n) is 1.97. The van der Waals surface area contributed by atoms with Gasteiger partial charge in [0, 0.05) is 13.1 Å². The molecule has 0 saturated carbocycles. The van der Waals surface area contributed by atoms with Gasteiger partial charge in [0.25, 0.3) is 5.91 Å². The number of nitrogens with one attached hydrogen (secondary N) is 2. The van der Waals surface area contributed by atoms with Gasteiger partial charge in [0.15, 0.2) is 10.3 Å². The first-order valence-corrected chi connectivity index (χ1v) is 7.86. The third kappa shape index (κ3) is 6.15. The Kier molecular flexibility index (Phi) is 5.92. The molecule has 0 aliphatic rings. The fraction of sp³-hybridized carbons (Fsp3) is 0.444. The van der Waals surface area contributed by atoms with Gasteiger partial charge in [-0.25, -0.2) is 13.1 Å². The van der Waals surface area contributed by atoms with Crippen LogP contribution in [0, 0.1) is 0 Å². The number of rotatable bonds is 6. The Balaban J connectivity index is 2.42. The average Bonchev–Trinajstić information content (AvgIpc) is 2.30. The summed E-state index contributed by atoms with van der Waals surface area (Å²) in [4.78, 5) is 11.7. The number of amides is 1. The van der Waals surface area contributed by atoms with Crippen molar-refractivity contribution in [2.24, 2.45) is 0 Å². The molecule has 1 rings (SSSR count). The van der Waals surface area contributed by atoms with Crippen LogP contribution < -0.4 is 10.0 Å². The number of nitrogens with zero attached hydrogens (tertiary/aromatic N) is 2. The highest BCUT2D eigenvalue weighted by Crippen LogP contribution is 2.14. The largest absolute Gasteiger partial charge is 0.352 e. The third-order valence-corrected chi connectivity index (χ3v) is 3.16. The molecule has 7 nitrogen and oxygen atoms in total. The van der Waals surface area contributed by atoms with Crippen LogP contribution in [0.15, 0.2) is 6.07 Å².